The highest BCUT2D eigenvalue weighted by molar-refractivity contribution is 6.00. The summed E-state index contributed by atoms with van der Waals surface area (Å²) in [6.07, 6.45) is -0.909. The number of anilines is 2. The van der Waals surface area contributed by atoms with Crippen molar-refractivity contribution in [3.8, 4) is 0 Å². The summed E-state index contributed by atoms with van der Waals surface area (Å²) in [6, 6.07) is 7.83. The van der Waals surface area contributed by atoms with Crippen molar-refractivity contribution >= 4 is 40.2 Å². The third-order valence-corrected chi connectivity index (χ3v) is 7.49. The van der Waals surface area contributed by atoms with Gasteiger partial charge in [0.1, 0.15) is 0 Å². The van der Waals surface area contributed by atoms with Crippen LogP contribution in [0.3, 0.4) is 0 Å². The Labute approximate surface area is 224 Å². The van der Waals surface area contributed by atoms with E-state index in [9.17, 15) is 23.1 Å². The Morgan fingerprint density at radius 3 is 2.64 bits per heavy atom. The predicted octanol–water partition coefficient (Wildman–Crippen LogP) is 4.12. The second-order valence-electron chi connectivity index (χ2n) is 10.1. The zero-order valence-corrected chi connectivity index (χ0v) is 21.9. The molecule has 206 valence electrons. The van der Waals surface area contributed by atoms with E-state index in [0.29, 0.717) is 18.6 Å². The SMILES string of the molecule is C=CC(=O)N1CCCC[C@@H](n2c(/N=C(\[O-])c3cccc(C(F)(F)F)c3)nc3ccc4c(c32)N(C)CCN4C)C1. The zero-order chi connectivity index (χ0) is 27.9. The minimum absolute atomic E-state index is 0.111. The lowest BCUT2D eigenvalue weighted by Crippen LogP contribution is -2.37. The molecule has 2 aliphatic rings. The van der Waals surface area contributed by atoms with Gasteiger partial charge in [0.05, 0.1) is 34.0 Å². The molecule has 1 fully saturated rings. The molecule has 3 aromatic rings. The highest BCUT2D eigenvalue weighted by atomic mass is 19.4. The van der Waals surface area contributed by atoms with Gasteiger partial charge in [-0.1, -0.05) is 18.7 Å². The molecular weight excluding hydrogens is 509 g/mol. The van der Waals surface area contributed by atoms with Crippen molar-refractivity contribution in [2.75, 3.05) is 50.1 Å². The van der Waals surface area contributed by atoms with Gasteiger partial charge in [-0.05, 0) is 61.1 Å². The highest BCUT2D eigenvalue weighted by Crippen LogP contribution is 2.42. The number of rotatable bonds is 4. The van der Waals surface area contributed by atoms with Crippen molar-refractivity contribution in [2.45, 2.75) is 31.5 Å². The Hall–Kier alpha value is -4.02. The van der Waals surface area contributed by atoms with E-state index in [1.54, 1.807) is 4.90 Å². The molecular formula is C28H30F3N6O2-. The van der Waals surface area contributed by atoms with Gasteiger partial charge in [0.25, 0.3) is 0 Å². The van der Waals surface area contributed by atoms with E-state index >= 15 is 0 Å². The molecule has 0 radical (unpaired) electrons. The Morgan fingerprint density at radius 1 is 1.13 bits per heavy atom. The molecule has 2 aromatic carbocycles. The molecule has 2 aliphatic heterocycles. The summed E-state index contributed by atoms with van der Waals surface area (Å²) in [5.74, 6) is -0.881. The lowest BCUT2D eigenvalue weighted by molar-refractivity contribution is -0.212. The first-order valence-corrected chi connectivity index (χ1v) is 12.9. The first-order valence-electron chi connectivity index (χ1n) is 12.9. The summed E-state index contributed by atoms with van der Waals surface area (Å²) < 4.78 is 41.8. The quantitative estimate of drug-likeness (QED) is 0.283. The standard InChI is InChI=1S/C28H31F3N6O2/c1-4-23(38)36-13-6-5-10-20(17-36)37-24-21(11-12-22-25(24)35(3)15-14-34(22)2)32-27(37)33-26(39)18-8-7-9-19(16-18)28(29,30)31/h4,7-9,11-12,16,20H,1,5-6,10,13-15,17H2,2-3H3,(H,32,33,39)/p-1/t20-/m1/s1. The van der Waals surface area contributed by atoms with Crippen LogP contribution >= 0.6 is 0 Å². The number of carbonyl (C=O) groups excluding carboxylic acids is 1. The fraction of sp³-hybridized carbons (Fsp3) is 0.393. The van der Waals surface area contributed by atoms with Crippen LogP contribution in [-0.2, 0) is 11.0 Å². The molecule has 1 aromatic heterocycles. The summed E-state index contributed by atoms with van der Waals surface area (Å²) in [6.45, 7) is 6.20. The van der Waals surface area contributed by atoms with E-state index in [0.717, 1.165) is 61.4 Å². The van der Waals surface area contributed by atoms with Gasteiger partial charge >= 0.3 is 6.18 Å². The number of alkyl halides is 3. The predicted molar refractivity (Wildman–Crippen MR) is 144 cm³/mol. The topological polar surface area (TPSA) is 80.0 Å². The minimum atomic E-state index is -4.58. The van der Waals surface area contributed by atoms with E-state index < -0.39 is 17.6 Å². The average molecular weight is 540 g/mol. The Morgan fingerprint density at radius 2 is 1.90 bits per heavy atom. The molecule has 39 heavy (non-hydrogen) atoms. The summed E-state index contributed by atoms with van der Waals surface area (Å²) in [7, 11) is 4.00. The van der Waals surface area contributed by atoms with E-state index in [4.69, 9.17) is 4.98 Å². The molecule has 8 nitrogen and oxygen atoms in total. The lowest BCUT2D eigenvalue weighted by Gasteiger charge is -2.36. The number of likely N-dealkylation sites (N-methyl/N-ethyl adjacent to an activating group) is 2. The molecule has 5 rings (SSSR count). The van der Waals surface area contributed by atoms with Crippen molar-refractivity contribution in [2.24, 2.45) is 4.99 Å². The van der Waals surface area contributed by atoms with Crippen LogP contribution in [0, 0.1) is 0 Å². The first kappa shape index (κ1) is 26.6. The van der Waals surface area contributed by atoms with Crippen molar-refractivity contribution in [3.63, 3.8) is 0 Å². The number of aliphatic imine (C=N–C) groups is 1. The number of aromatic nitrogens is 2. The average Bonchev–Trinajstić information content (AvgIpc) is 3.10. The number of benzene rings is 2. The van der Waals surface area contributed by atoms with Gasteiger partial charge in [0, 0.05) is 40.3 Å². The number of amides is 1. The summed E-state index contributed by atoms with van der Waals surface area (Å²) in [4.78, 5) is 27.6. The van der Waals surface area contributed by atoms with Crippen LogP contribution in [0.5, 0.6) is 0 Å². The van der Waals surface area contributed by atoms with E-state index in [-0.39, 0.29) is 23.5 Å². The largest absolute Gasteiger partial charge is 0.858 e. The molecule has 1 saturated heterocycles. The minimum Gasteiger partial charge on any atom is -0.858 e. The van der Waals surface area contributed by atoms with Gasteiger partial charge in [-0.15, -0.1) is 0 Å². The van der Waals surface area contributed by atoms with Crippen LogP contribution in [0.15, 0.2) is 54.0 Å². The van der Waals surface area contributed by atoms with Crippen LogP contribution in [0.25, 0.3) is 11.0 Å². The van der Waals surface area contributed by atoms with Gasteiger partial charge in [-0.3, -0.25) is 4.79 Å². The van der Waals surface area contributed by atoms with E-state index in [2.05, 4.69) is 21.4 Å². The number of imidazole rings is 1. The number of hydrogen-bond donors (Lipinski definition) is 0. The smallest absolute Gasteiger partial charge is 0.416 e. The van der Waals surface area contributed by atoms with Crippen LogP contribution in [0.4, 0.5) is 30.5 Å². The maximum atomic E-state index is 13.3. The third kappa shape index (κ3) is 5.05. The number of halogens is 3. The zero-order valence-electron chi connectivity index (χ0n) is 21.9. The Balaban J connectivity index is 1.71. The molecule has 0 bridgehead atoms. The van der Waals surface area contributed by atoms with Gasteiger partial charge < -0.3 is 24.4 Å². The molecule has 0 N–H and O–H groups in total. The molecule has 1 atom stereocenters. The fourth-order valence-electron chi connectivity index (χ4n) is 5.43. The number of nitrogens with zero attached hydrogens (tertiary/aromatic N) is 6. The summed E-state index contributed by atoms with van der Waals surface area (Å²) >= 11 is 0. The number of likely N-dealkylation sites (tertiary alicyclic amines) is 1. The molecule has 1 amide bonds. The monoisotopic (exact) mass is 539 g/mol. The molecule has 11 heteroatoms. The maximum Gasteiger partial charge on any atom is 0.416 e. The second-order valence-corrected chi connectivity index (χ2v) is 10.1. The lowest BCUT2D eigenvalue weighted by atomic mass is 10.1. The molecule has 3 heterocycles. The van der Waals surface area contributed by atoms with Gasteiger partial charge in [-0.25, -0.2) is 9.98 Å². The number of hydrogen-bond acceptors (Lipinski definition) is 6. The Kier molecular flexibility index (Phi) is 7.00. The fourth-order valence-corrected chi connectivity index (χ4v) is 5.43. The third-order valence-electron chi connectivity index (χ3n) is 7.49. The summed E-state index contributed by atoms with van der Waals surface area (Å²) in [5.41, 5.74) is 2.26. The van der Waals surface area contributed by atoms with Gasteiger partial charge in [-0.2, -0.15) is 13.2 Å². The number of carbonyl (C=O) groups is 1. The highest BCUT2D eigenvalue weighted by Gasteiger charge is 2.31. The second kappa shape index (κ2) is 10.3. The maximum absolute atomic E-state index is 13.3. The van der Waals surface area contributed by atoms with Crippen LogP contribution < -0.4 is 14.9 Å². The van der Waals surface area contributed by atoms with Gasteiger partial charge in [0.2, 0.25) is 11.9 Å². The molecule has 0 saturated carbocycles. The van der Waals surface area contributed by atoms with Gasteiger partial charge in [0.15, 0.2) is 0 Å². The normalized spacial score (nSPS) is 18.7. The number of fused-ring (bicyclic) bond motifs is 3. The van der Waals surface area contributed by atoms with Crippen molar-refractivity contribution < 1.29 is 23.1 Å². The van der Waals surface area contributed by atoms with Crippen molar-refractivity contribution in [1.82, 2.24) is 14.5 Å². The van der Waals surface area contributed by atoms with Crippen LogP contribution in [0.1, 0.15) is 36.4 Å². The molecule has 0 spiro atoms. The molecule has 0 unspecified atom stereocenters. The van der Waals surface area contributed by atoms with Crippen molar-refractivity contribution in [3.05, 3.63) is 60.2 Å². The molecule has 0 aliphatic carbocycles. The summed E-state index contributed by atoms with van der Waals surface area (Å²) in [5, 5.41) is 13.2. The Bertz CT molecular complexity index is 1450. The van der Waals surface area contributed by atoms with Crippen LogP contribution in [0.2, 0.25) is 0 Å². The van der Waals surface area contributed by atoms with E-state index in [1.165, 1.54) is 18.2 Å². The van der Waals surface area contributed by atoms with Crippen molar-refractivity contribution in [1.29, 1.82) is 0 Å². The van der Waals surface area contributed by atoms with E-state index in [1.807, 2.05) is 30.8 Å². The van der Waals surface area contributed by atoms with Crippen LogP contribution in [-0.4, -0.2) is 66.5 Å². The first-order chi connectivity index (χ1) is 18.6.